The van der Waals surface area contributed by atoms with Crippen LogP contribution in [0.3, 0.4) is 0 Å². The molecule has 2 heterocycles. The highest BCUT2D eigenvalue weighted by atomic mass is 32.1. The van der Waals surface area contributed by atoms with Gasteiger partial charge in [-0.25, -0.2) is 14.0 Å². The maximum atomic E-state index is 14.7. The summed E-state index contributed by atoms with van der Waals surface area (Å²) < 4.78 is 24.4. The SMILES string of the molecule is COC(=O)NCc1nnc(-c2ccc(N3C[C@H](CNC(C)=S)OC3=O)cc2F)s1. The Hall–Kier alpha value is -2.86. The minimum atomic E-state index is -0.593. The normalized spacial score (nSPS) is 15.8. The maximum absolute atomic E-state index is 14.7. The standard InChI is InChI=1S/C17H18FN5O4S2/c1-9(28)19-6-11-8-23(17(25)27-11)10-3-4-12(13(18)5-10)15-22-21-14(29-15)7-20-16(24)26-2/h3-5,11H,6-8H2,1-2H3,(H,19,28)(H,20,24)/t11-/m0/s1. The molecule has 1 aromatic carbocycles. The molecule has 154 valence electrons. The summed E-state index contributed by atoms with van der Waals surface area (Å²) in [6, 6.07) is 4.40. The molecular weight excluding hydrogens is 421 g/mol. The molecule has 0 radical (unpaired) electrons. The molecule has 1 saturated heterocycles. The molecule has 9 nitrogen and oxygen atoms in total. The number of benzene rings is 1. The first-order chi connectivity index (χ1) is 13.9. The Morgan fingerprint density at radius 1 is 1.45 bits per heavy atom. The average Bonchev–Trinajstić information content (AvgIpc) is 3.30. The van der Waals surface area contributed by atoms with E-state index >= 15 is 0 Å². The Morgan fingerprint density at radius 2 is 2.24 bits per heavy atom. The molecule has 0 bridgehead atoms. The Bertz CT molecular complexity index is 938. The molecule has 1 aromatic heterocycles. The molecular formula is C17H18FN5O4S2. The number of rotatable bonds is 6. The molecule has 0 aliphatic carbocycles. The number of hydrogen-bond acceptors (Lipinski definition) is 8. The monoisotopic (exact) mass is 439 g/mol. The Kier molecular flexibility index (Phi) is 6.54. The van der Waals surface area contributed by atoms with Crippen molar-refractivity contribution in [2.45, 2.75) is 19.6 Å². The van der Waals surface area contributed by atoms with Crippen molar-refractivity contribution in [3.63, 3.8) is 0 Å². The molecule has 0 saturated carbocycles. The van der Waals surface area contributed by atoms with Gasteiger partial charge in [0.25, 0.3) is 0 Å². The largest absolute Gasteiger partial charge is 0.453 e. The second-order valence-electron chi connectivity index (χ2n) is 6.06. The van der Waals surface area contributed by atoms with Crippen LogP contribution in [-0.4, -0.2) is 53.7 Å². The minimum absolute atomic E-state index is 0.125. The fraction of sp³-hybridized carbons (Fsp3) is 0.353. The molecule has 3 rings (SSSR count). The van der Waals surface area contributed by atoms with E-state index in [1.165, 1.54) is 24.1 Å². The van der Waals surface area contributed by atoms with Crippen molar-refractivity contribution in [1.29, 1.82) is 0 Å². The Labute approximate surface area is 175 Å². The topological polar surface area (TPSA) is 106 Å². The fourth-order valence-corrected chi connectivity index (χ4v) is 3.49. The van der Waals surface area contributed by atoms with E-state index in [0.717, 1.165) is 11.3 Å². The third-order valence-corrected chi connectivity index (χ3v) is 5.08. The predicted octanol–water partition coefficient (Wildman–Crippen LogP) is 2.46. The number of cyclic esters (lactones) is 1. The number of hydrogen-bond donors (Lipinski definition) is 2. The first-order valence-corrected chi connectivity index (χ1v) is 9.76. The molecule has 12 heteroatoms. The molecule has 1 aliphatic heterocycles. The van der Waals surface area contributed by atoms with E-state index in [0.29, 0.717) is 27.2 Å². The lowest BCUT2D eigenvalue weighted by molar-refractivity contribution is 0.143. The van der Waals surface area contributed by atoms with Crippen molar-refractivity contribution < 1.29 is 23.5 Å². The Morgan fingerprint density at radius 3 is 2.93 bits per heavy atom. The zero-order chi connectivity index (χ0) is 21.0. The van der Waals surface area contributed by atoms with E-state index in [9.17, 15) is 14.0 Å². The lowest BCUT2D eigenvalue weighted by atomic mass is 10.2. The van der Waals surface area contributed by atoms with Crippen LogP contribution in [0.1, 0.15) is 11.9 Å². The van der Waals surface area contributed by atoms with Crippen LogP contribution in [0, 0.1) is 5.82 Å². The summed E-state index contributed by atoms with van der Waals surface area (Å²) in [6.45, 7) is 2.54. The van der Waals surface area contributed by atoms with Gasteiger partial charge in [-0.3, -0.25) is 4.90 Å². The van der Waals surface area contributed by atoms with Gasteiger partial charge in [0.05, 0.1) is 37.4 Å². The molecule has 1 aliphatic rings. The second-order valence-corrected chi connectivity index (χ2v) is 7.74. The molecule has 2 amide bonds. The third kappa shape index (κ3) is 5.15. The highest BCUT2D eigenvalue weighted by Crippen LogP contribution is 2.30. The number of carbonyl (C=O) groups is 2. The quantitative estimate of drug-likeness (QED) is 0.662. The van der Waals surface area contributed by atoms with Crippen LogP contribution in [0.2, 0.25) is 0 Å². The van der Waals surface area contributed by atoms with Gasteiger partial charge in [-0.15, -0.1) is 10.2 Å². The highest BCUT2D eigenvalue weighted by Gasteiger charge is 2.32. The van der Waals surface area contributed by atoms with E-state index in [1.807, 2.05) is 0 Å². The van der Waals surface area contributed by atoms with Crippen LogP contribution < -0.4 is 15.5 Å². The van der Waals surface area contributed by atoms with Crippen LogP contribution in [0.5, 0.6) is 0 Å². The van der Waals surface area contributed by atoms with Gasteiger partial charge in [0, 0.05) is 5.56 Å². The summed E-state index contributed by atoms with van der Waals surface area (Å²) in [6.07, 6.45) is -1.52. The minimum Gasteiger partial charge on any atom is -0.453 e. The highest BCUT2D eigenvalue weighted by molar-refractivity contribution is 7.80. The van der Waals surface area contributed by atoms with E-state index in [1.54, 1.807) is 13.0 Å². The van der Waals surface area contributed by atoms with Crippen molar-refractivity contribution >= 4 is 46.4 Å². The van der Waals surface area contributed by atoms with Gasteiger partial charge < -0.3 is 20.1 Å². The number of ether oxygens (including phenoxy) is 2. The van der Waals surface area contributed by atoms with E-state index < -0.39 is 18.0 Å². The Balaban J connectivity index is 1.69. The maximum Gasteiger partial charge on any atom is 0.414 e. The number of methoxy groups -OCH3 is 1. The summed E-state index contributed by atoms with van der Waals surface area (Å²) in [4.78, 5) is 25.2. The van der Waals surface area contributed by atoms with Crippen molar-refractivity contribution in [3.05, 3.63) is 29.0 Å². The van der Waals surface area contributed by atoms with Crippen LogP contribution in [0.25, 0.3) is 10.6 Å². The smallest absolute Gasteiger partial charge is 0.414 e. The molecule has 2 N–H and O–H groups in total. The average molecular weight is 439 g/mol. The first-order valence-electron chi connectivity index (χ1n) is 8.54. The van der Waals surface area contributed by atoms with Gasteiger partial charge in [-0.1, -0.05) is 23.6 Å². The lowest BCUT2D eigenvalue weighted by Gasteiger charge is -2.14. The van der Waals surface area contributed by atoms with Crippen molar-refractivity contribution in [1.82, 2.24) is 20.8 Å². The molecule has 29 heavy (non-hydrogen) atoms. The van der Waals surface area contributed by atoms with Gasteiger partial charge in [0.2, 0.25) is 0 Å². The van der Waals surface area contributed by atoms with E-state index in [-0.39, 0.29) is 24.8 Å². The van der Waals surface area contributed by atoms with Crippen LogP contribution in [0.4, 0.5) is 19.7 Å². The van der Waals surface area contributed by atoms with E-state index in [2.05, 4.69) is 25.6 Å². The molecule has 0 unspecified atom stereocenters. The van der Waals surface area contributed by atoms with Crippen LogP contribution in [-0.2, 0) is 16.0 Å². The molecule has 1 atom stereocenters. The number of alkyl carbamates (subject to hydrolysis) is 1. The molecule has 1 fully saturated rings. The third-order valence-electron chi connectivity index (χ3n) is 3.98. The summed E-state index contributed by atoms with van der Waals surface area (Å²) >= 11 is 6.09. The van der Waals surface area contributed by atoms with Gasteiger partial charge in [0.1, 0.15) is 16.9 Å². The van der Waals surface area contributed by atoms with Crippen LogP contribution >= 0.6 is 23.6 Å². The van der Waals surface area contributed by atoms with Gasteiger partial charge in [0.15, 0.2) is 5.01 Å². The van der Waals surface area contributed by atoms with Gasteiger partial charge in [-0.05, 0) is 25.1 Å². The number of amides is 2. The number of thiocarbonyl (C=S) groups is 1. The van der Waals surface area contributed by atoms with Gasteiger partial charge >= 0.3 is 12.2 Å². The zero-order valence-electron chi connectivity index (χ0n) is 15.6. The molecule has 2 aromatic rings. The van der Waals surface area contributed by atoms with Gasteiger partial charge in [-0.2, -0.15) is 0 Å². The zero-order valence-corrected chi connectivity index (χ0v) is 17.2. The van der Waals surface area contributed by atoms with Crippen molar-refractivity contribution in [2.24, 2.45) is 0 Å². The summed E-state index contributed by atoms with van der Waals surface area (Å²) in [5, 5.41) is 14.2. The number of halogens is 1. The van der Waals surface area contributed by atoms with E-state index in [4.69, 9.17) is 17.0 Å². The second kappa shape index (κ2) is 9.09. The molecule has 0 spiro atoms. The summed E-state index contributed by atoms with van der Waals surface area (Å²) in [5.74, 6) is -0.546. The number of aromatic nitrogens is 2. The number of carbonyl (C=O) groups excluding carboxylic acids is 2. The lowest BCUT2D eigenvalue weighted by Crippen LogP contribution is -2.32. The number of anilines is 1. The van der Waals surface area contributed by atoms with Crippen LogP contribution in [0.15, 0.2) is 18.2 Å². The number of nitrogens with one attached hydrogen (secondary N) is 2. The van der Waals surface area contributed by atoms with Crippen molar-refractivity contribution in [2.75, 3.05) is 25.1 Å². The fourth-order valence-electron chi connectivity index (χ4n) is 2.60. The summed E-state index contributed by atoms with van der Waals surface area (Å²) in [7, 11) is 1.26. The summed E-state index contributed by atoms with van der Waals surface area (Å²) in [5.41, 5.74) is 0.632. The van der Waals surface area contributed by atoms with Crippen molar-refractivity contribution in [3.8, 4) is 10.6 Å². The number of nitrogens with zero attached hydrogens (tertiary/aromatic N) is 3. The predicted molar refractivity (Wildman–Crippen MR) is 108 cm³/mol. The first kappa shape index (κ1) is 20.9.